The Morgan fingerprint density at radius 3 is 2.45 bits per heavy atom. The van der Waals surface area contributed by atoms with Crippen molar-refractivity contribution >= 4 is 6.29 Å². The zero-order valence-corrected chi connectivity index (χ0v) is 7.34. The third-order valence-electron chi connectivity index (χ3n) is 1.52. The second-order valence-electron chi connectivity index (χ2n) is 2.46. The fourth-order valence-corrected chi connectivity index (χ4v) is 1.11. The summed E-state index contributed by atoms with van der Waals surface area (Å²) in [4.78, 5) is 8.81. The molecule has 1 saturated heterocycles. The maximum atomic E-state index is 8.81. The minimum absolute atomic E-state index is 0.681. The van der Waals surface area contributed by atoms with Gasteiger partial charge in [0.1, 0.15) is 6.29 Å². The van der Waals surface area contributed by atoms with Gasteiger partial charge in [-0.3, -0.25) is 0 Å². The molecular weight excluding hydrogens is 138 g/mol. The number of hydrogen-bond donors (Lipinski definition) is 1. The van der Waals surface area contributed by atoms with E-state index in [1.807, 2.05) is 0 Å². The van der Waals surface area contributed by atoms with E-state index in [4.69, 9.17) is 4.79 Å². The third kappa shape index (κ3) is 5.80. The predicted molar refractivity (Wildman–Crippen MR) is 47.6 cm³/mol. The minimum Gasteiger partial charge on any atom is -0.311 e. The zero-order valence-electron chi connectivity index (χ0n) is 7.34. The highest BCUT2D eigenvalue weighted by Gasteiger charge is 2.08. The number of hydrogen-bond acceptors (Lipinski definition) is 2. The van der Waals surface area contributed by atoms with Crippen molar-refractivity contribution in [3.05, 3.63) is 12.2 Å². The van der Waals surface area contributed by atoms with Crippen molar-refractivity contribution < 1.29 is 4.79 Å². The van der Waals surface area contributed by atoms with Gasteiger partial charge < -0.3 is 10.1 Å². The van der Waals surface area contributed by atoms with Crippen LogP contribution in [0.1, 0.15) is 26.7 Å². The van der Waals surface area contributed by atoms with E-state index in [9.17, 15) is 0 Å². The van der Waals surface area contributed by atoms with Crippen LogP contribution in [0, 0.1) is 0 Å². The molecule has 0 bridgehead atoms. The molecule has 1 atom stereocenters. The van der Waals surface area contributed by atoms with Gasteiger partial charge in [0.25, 0.3) is 0 Å². The SMILES string of the molecule is C/C=C/C1CCCN1.CC=O. The summed E-state index contributed by atoms with van der Waals surface area (Å²) < 4.78 is 0. The van der Waals surface area contributed by atoms with Crippen LogP contribution in [0.4, 0.5) is 0 Å². The summed E-state index contributed by atoms with van der Waals surface area (Å²) in [5.74, 6) is 0. The molecule has 0 saturated carbocycles. The second kappa shape index (κ2) is 7.48. The van der Waals surface area contributed by atoms with E-state index in [0.717, 1.165) is 6.29 Å². The van der Waals surface area contributed by atoms with Crippen LogP contribution in [0.15, 0.2) is 12.2 Å². The molecule has 1 unspecified atom stereocenters. The van der Waals surface area contributed by atoms with Gasteiger partial charge in [0.2, 0.25) is 0 Å². The maximum absolute atomic E-state index is 8.81. The van der Waals surface area contributed by atoms with E-state index in [2.05, 4.69) is 24.4 Å². The minimum atomic E-state index is 0.681. The summed E-state index contributed by atoms with van der Waals surface area (Å²) in [6.45, 7) is 4.72. The molecule has 0 radical (unpaired) electrons. The van der Waals surface area contributed by atoms with Crippen LogP contribution in [0.3, 0.4) is 0 Å². The van der Waals surface area contributed by atoms with Gasteiger partial charge in [0.05, 0.1) is 0 Å². The summed E-state index contributed by atoms with van der Waals surface area (Å²) in [6, 6.07) is 0.681. The fraction of sp³-hybridized carbons (Fsp3) is 0.667. The van der Waals surface area contributed by atoms with Crippen molar-refractivity contribution in [1.82, 2.24) is 5.32 Å². The van der Waals surface area contributed by atoms with Crippen LogP contribution in [0.5, 0.6) is 0 Å². The number of aldehydes is 1. The molecule has 11 heavy (non-hydrogen) atoms. The molecule has 0 spiro atoms. The number of allylic oxidation sites excluding steroid dienone is 1. The van der Waals surface area contributed by atoms with Crippen LogP contribution in [-0.2, 0) is 4.79 Å². The van der Waals surface area contributed by atoms with Gasteiger partial charge in [-0.05, 0) is 33.2 Å². The lowest BCUT2D eigenvalue weighted by atomic mass is 10.2. The molecule has 2 nitrogen and oxygen atoms in total. The van der Waals surface area contributed by atoms with E-state index in [1.54, 1.807) is 0 Å². The van der Waals surface area contributed by atoms with Crippen molar-refractivity contribution in [2.75, 3.05) is 6.54 Å². The number of nitrogens with one attached hydrogen (secondary N) is 1. The molecule has 0 aliphatic carbocycles. The molecule has 1 aliphatic heterocycles. The van der Waals surface area contributed by atoms with Gasteiger partial charge in [-0.25, -0.2) is 0 Å². The van der Waals surface area contributed by atoms with E-state index in [0.29, 0.717) is 6.04 Å². The van der Waals surface area contributed by atoms with Gasteiger partial charge in [0, 0.05) is 6.04 Å². The molecule has 0 aromatic rings. The monoisotopic (exact) mass is 155 g/mol. The molecule has 64 valence electrons. The van der Waals surface area contributed by atoms with Gasteiger partial charge in [-0.15, -0.1) is 0 Å². The first-order valence-electron chi connectivity index (χ1n) is 4.11. The van der Waals surface area contributed by atoms with Crippen LogP contribution in [0.25, 0.3) is 0 Å². The molecule has 1 fully saturated rings. The number of carbonyl (C=O) groups is 1. The van der Waals surface area contributed by atoms with Crippen molar-refractivity contribution in [2.45, 2.75) is 32.7 Å². The molecule has 2 heteroatoms. The lowest BCUT2D eigenvalue weighted by molar-refractivity contribution is -0.106. The highest BCUT2D eigenvalue weighted by Crippen LogP contribution is 2.04. The first-order valence-corrected chi connectivity index (χ1v) is 4.11. The Bertz CT molecular complexity index is 115. The lowest BCUT2D eigenvalue weighted by Gasteiger charge is -1.99. The van der Waals surface area contributed by atoms with E-state index in [1.165, 1.54) is 26.3 Å². The number of carbonyl (C=O) groups excluding carboxylic acids is 1. The normalized spacial score (nSPS) is 22.9. The predicted octanol–water partition coefficient (Wildman–Crippen LogP) is 1.52. The van der Waals surface area contributed by atoms with Crippen molar-refractivity contribution in [3.8, 4) is 0 Å². The average Bonchev–Trinajstić information content (AvgIpc) is 2.42. The smallest absolute Gasteiger partial charge is 0.116 e. The Hall–Kier alpha value is -0.630. The van der Waals surface area contributed by atoms with Gasteiger partial charge in [0.15, 0.2) is 0 Å². The summed E-state index contributed by atoms with van der Waals surface area (Å²) in [5, 5.41) is 3.37. The van der Waals surface area contributed by atoms with Crippen LogP contribution < -0.4 is 5.32 Å². The topological polar surface area (TPSA) is 29.1 Å². The first-order chi connectivity index (χ1) is 5.35. The first kappa shape index (κ1) is 10.4. The van der Waals surface area contributed by atoms with E-state index in [-0.39, 0.29) is 0 Å². The van der Waals surface area contributed by atoms with E-state index < -0.39 is 0 Å². The van der Waals surface area contributed by atoms with Crippen molar-refractivity contribution in [1.29, 1.82) is 0 Å². The van der Waals surface area contributed by atoms with E-state index >= 15 is 0 Å². The van der Waals surface area contributed by atoms with Crippen LogP contribution in [0.2, 0.25) is 0 Å². The molecule has 1 aliphatic rings. The highest BCUT2D eigenvalue weighted by atomic mass is 16.1. The summed E-state index contributed by atoms with van der Waals surface area (Å²) in [7, 11) is 0. The van der Waals surface area contributed by atoms with Crippen LogP contribution in [-0.4, -0.2) is 18.9 Å². The average molecular weight is 155 g/mol. The highest BCUT2D eigenvalue weighted by molar-refractivity contribution is 5.44. The zero-order chi connectivity index (χ0) is 8.53. The molecule has 1 N–H and O–H groups in total. The maximum Gasteiger partial charge on any atom is 0.116 e. The Kier molecular flexibility index (Phi) is 7.05. The quantitative estimate of drug-likeness (QED) is 0.459. The third-order valence-corrected chi connectivity index (χ3v) is 1.52. The molecule has 0 aromatic carbocycles. The number of rotatable bonds is 1. The van der Waals surface area contributed by atoms with Gasteiger partial charge in [-0.1, -0.05) is 12.2 Å². The molecule has 1 heterocycles. The fourth-order valence-electron chi connectivity index (χ4n) is 1.11. The van der Waals surface area contributed by atoms with Crippen LogP contribution >= 0.6 is 0 Å². The van der Waals surface area contributed by atoms with Crippen molar-refractivity contribution in [2.24, 2.45) is 0 Å². The summed E-state index contributed by atoms with van der Waals surface area (Å²) in [5.41, 5.74) is 0. The van der Waals surface area contributed by atoms with Gasteiger partial charge >= 0.3 is 0 Å². The summed E-state index contributed by atoms with van der Waals surface area (Å²) in [6.07, 6.45) is 7.76. The molecular formula is C9H17NO. The second-order valence-corrected chi connectivity index (χ2v) is 2.46. The Labute approximate surface area is 68.7 Å². The largest absolute Gasteiger partial charge is 0.311 e. The Morgan fingerprint density at radius 1 is 1.45 bits per heavy atom. The van der Waals surface area contributed by atoms with Gasteiger partial charge in [-0.2, -0.15) is 0 Å². The van der Waals surface area contributed by atoms with Crippen molar-refractivity contribution in [3.63, 3.8) is 0 Å². The Balaban J connectivity index is 0.000000292. The molecule has 0 aromatic heterocycles. The Morgan fingerprint density at radius 2 is 2.09 bits per heavy atom. The molecule has 0 amide bonds. The molecule has 1 rings (SSSR count). The summed E-state index contributed by atoms with van der Waals surface area (Å²) >= 11 is 0. The lowest BCUT2D eigenvalue weighted by Crippen LogP contribution is -2.17. The standard InChI is InChI=1S/C7H13N.C2H4O/c1-2-4-7-5-3-6-8-7;1-2-3/h2,4,7-8H,3,5-6H2,1H3;2H,1H3/b4-2+;.